The highest BCUT2D eigenvalue weighted by Gasteiger charge is 2.23. The number of ether oxygens (including phenoxy) is 1. The Morgan fingerprint density at radius 3 is 2.67 bits per heavy atom. The van der Waals surface area contributed by atoms with E-state index < -0.39 is 0 Å². The number of aromatic nitrogens is 2. The van der Waals surface area contributed by atoms with Gasteiger partial charge in [-0.15, -0.1) is 0 Å². The van der Waals surface area contributed by atoms with Crippen LogP contribution in [0.3, 0.4) is 0 Å². The van der Waals surface area contributed by atoms with Crippen LogP contribution in [0.5, 0.6) is 0 Å². The van der Waals surface area contributed by atoms with Crippen molar-refractivity contribution in [3.05, 3.63) is 16.0 Å². The van der Waals surface area contributed by atoms with Gasteiger partial charge in [-0.25, -0.2) is 9.97 Å². The Morgan fingerprint density at radius 2 is 2.06 bits per heavy atom. The van der Waals surface area contributed by atoms with E-state index in [-0.39, 0.29) is 0 Å². The van der Waals surface area contributed by atoms with E-state index in [4.69, 9.17) is 9.72 Å². The smallest absolute Gasteiger partial charge is 0.144 e. The summed E-state index contributed by atoms with van der Waals surface area (Å²) in [6.45, 7) is 0.662. The molecule has 0 unspecified atom stereocenters. The van der Waals surface area contributed by atoms with Crippen molar-refractivity contribution in [1.82, 2.24) is 9.97 Å². The van der Waals surface area contributed by atoms with E-state index in [1.54, 1.807) is 7.11 Å². The highest BCUT2D eigenvalue weighted by molar-refractivity contribution is 9.10. The lowest BCUT2D eigenvalue weighted by molar-refractivity contribution is 0.200. The molecule has 100 valence electrons. The molecule has 1 aliphatic rings. The third-order valence-electron chi connectivity index (χ3n) is 3.43. The van der Waals surface area contributed by atoms with Gasteiger partial charge in [-0.05, 0) is 28.8 Å². The molecule has 5 heteroatoms. The Morgan fingerprint density at radius 1 is 1.33 bits per heavy atom. The van der Waals surface area contributed by atoms with E-state index >= 15 is 0 Å². The van der Waals surface area contributed by atoms with Crippen molar-refractivity contribution in [1.29, 1.82) is 0 Å². The van der Waals surface area contributed by atoms with Gasteiger partial charge in [-0.2, -0.15) is 0 Å². The summed E-state index contributed by atoms with van der Waals surface area (Å²) in [6.07, 6.45) is 5.86. The highest BCUT2D eigenvalue weighted by Crippen LogP contribution is 2.38. The molecular formula is C13H20BrN3O. The minimum atomic E-state index is 0.579. The molecule has 4 nitrogen and oxygen atoms in total. The summed E-state index contributed by atoms with van der Waals surface area (Å²) in [5.41, 5.74) is 1.16. The normalized spacial score (nSPS) is 16.2. The van der Waals surface area contributed by atoms with Crippen LogP contribution in [0.15, 0.2) is 4.47 Å². The second-order valence-corrected chi connectivity index (χ2v) is 5.45. The lowest BCUT2D eigenvalue weighted by atomic mass is 10.0. The molecule has 1 fully saturated rings. The zero-order valence-corrected chi connectivity index (χ0v) is 12.6. The van der Waals surface area contributed by atoms with Gasteiger partial charge in [0.05, 0.1) is 16.8 Å². The quantitative estimate of drug-likeness (QED) is 0.907. The minimum Gasteiger partial charge on any atom is -0.384 e. The molecule has 0 aromatic carbocycles. The fourth-order valence-corrected chi connectivity index (χ4v) is 3.15. The van der Waals surface area contributed by atoms with Gasteiger partial charge in [0.2, 0.25) is 0 Å². The van der Waals surface area contributed by atoms with Crippen LogP contribution in [-0.2, 0) is 11.2 Å². The average molecular weight is 314 g/mol. The van der Waals surface area contributed by atoms with Crippen molar-refractivity contribution in [3.8, 4) is 0 Å². The maximum atomic E-state index is 5.10. The first-order valence-electron chi connectivity index (χ1n) is 6.49. The topological polar surface area (TPSA) is 47.0 Å². The van der Waals surface area contributed by atoms with Gasteiger partial charge in [0.25, 0.3) is 0 Å². The summed E-state index contributed by atoms with van der Waals surface area (Å²) < 4.78 is 6.13. The van der Waals surface area contributed by atoms with Crippen LogP contribution < -0.4 is 5.32 Å². The summed E-state index contributed by atoms with van der Waals surface area (Å²) >= 11 is 3.64. The van der Waals surface area contributed by atoms with Gasteiger partial charge in [0.1, 0.15) is 11.6 Å². The summed E-state index contributed by atoms with van der Waals surface area (Å²) in [6, 6.07) is 0. The first-order chi connectivity index (χ1) is 8.76. The third-order valence-corrected chi connectivity index (χ3v) is 4.21. The fourth-order valence-electron chi connectivity index (χ4n) is 2.45. The predicted octanol–water partition coefficient (Wildman–Crippen LogP) is 3.13. The van der Waals surface area contributed by atoms with E-state index in [0.717, 1.165) is 28.2 Å². The Labute approximate surface area is 117 Å². The van der Waals surface area contributed by atoms with E-state index in [1.807, 2.05) is 7.05 Å². The SMILES string of the molecule is CNc1nc(CCOC)nc(C2CCCC2)c1Br. The Balaban J connectivity index is 2.30. The average Bonchev–Trinajstić information content (AvgIpc) is 2.91. The number of halogens is 1. The molecule has 0 amide bonds. The molecule has 0 bridgehead atoms. The second-order valence-electron chi connectivity index (χ2n) is 4.66. The van der Waals surface area contributed by atoms with Crippen LogP contribution in [-0.4, -0.2) is 30.7 Å². The standard InChI is InChI=1S/C13H20BrN3O/c1-15-13-11(14)12(9-5-3-4-6-9)16-10(17-13)7-8-18-2/h9H,3-8H2,1-2H3,(H,15,16,17). The van der Waals surface area contributed by atoms with Crippen molar-refractivity contribution < 1.29 is 4.74 Å². The number of methoxy groups -OCH3 is 1. The van der Waals surface area contributed by atoms with Crippen LogP contribution >= 0.6 is 15.9 Å². The zero-order valence-electron chi connectivity index (χ0n) is 11.0. The Hall–Kier alpha value is -0.680. The Bertz CT molecular complexity index is 405. The molecule has 1 heterocycles. The van der Waals surface area contributed by atoms with E-state index in [0.29, 0.717) is 12.5 Å². The number of hydrogen-bond acceptors (Lipinski definition) is 4. The molecule has 0 atom stereocenters. The summed E-state index contributed by atoms with van der Waals surface area (Å²) in [7, 11) is 3.60. The molecule has 18 heavy (non-hydrogen) atoms. The van der Waals surface area contributed by atoms with Crippen molar-refractivity contribution in [3.63, 3.8) is 0 Å². The fraction of sp³-hybridized carbons (Fsp3) is 0.692. The number of hydrogen-bond donors (Lipinski definition) is 1. The summed E-state index contributed by atoms with van der Waals surface area (Å²) in [4.78, 5) is 9.23. The zero-order chi connectivity index (χ0) is 13.0. The van der Waals surface area contributed by atoms with Crippen molar-refractivity contribution >= 4 is 21.7 Å². The van der Waals surface area contributed by atoms with Gasteiger partial charge in [-0.3, -0.25) is 0 Å². The summed E-state index contributed by atoms with van der Waals surface area (Å²) in [5.74, 6) is 2.33. The van der Waals surface area contributed by atoms with Gasteiger partial charge < -0.3 is 10.1 Å². The largest absolute Gasteiger partial charge is 0.384 e. The maximum absolute atomic E-state index is 5.10. The van der Waals surface area contributed by atoms with E-state index in [1.165, 1.54) is 25.7 Å². The molecular weight excluding hydrogens is 294 g/mol. The molecule has 0 radical (unpaired) electrons. The maximum Gasteiger partial charge on any atom is 0.144 e. The second kappa shape index (κ2) is 6.48. The van der Waals surface area contributed by atoms with Crippen molar-refractivity contribution in [2.75, 3.05) is 26.1 Å². The first kappa shape index (κ1) is 13.7. The van der Waals surface area contributed by atoms with Gasteiger partial charge >= 0.3 is 0 Å². The van der Waals surface area contributed by atoms with Crippen molar-refractivity contribution in [2.45, 2.75) is 38.0 Å². The Kier molecular flexibility index (Phi) is 4.95. The van der Waals surface area contributed by atoms with E-state index in [2.05, 4.69) is 26.2 Å². The molecule has 0 spiro atoms. The number of anilines is 1. The van der Waals surface area contributed by atoms with Crippen molar-refractivity contribution in [2.24, 2.45) is 0 Å². The molecule has 1 aromatic heterocycles. The lowest BCUT2D eigenvalue weighted by Crippen LogP contribution is -2.09. The number of nitrogens with one attached hydrogen (secondary N) is 1. The van der Waals surface area contributed by atoms with Crippen LogP contribution in [0.25, 0.3) is 0 Å². The predicted molar refractivity (Wildman–Crippen MR) is 76.1 cm³/mol. The number of rotatable bonds is 5. The van der Waals surface area contributed by atoms with Crippen LogP contribution in [0, 0.1) is 0 Å². The molecule has 1 aliphatic carbocycles. The van der Waals surface area contributed by atoms with Gasteiger partial charge in [-0.1, -0.05) is 12.8 Å². The van der Waals surface area contributed by atoms with Crippen LogP contribution in [0.2, 0.25) is 0 Å². The highest BCUT2D eigenvalue weighted by atomic mass is 79.9. The molecule has 1 N–H and O–H groups in total. The first-order valence-corrected chi connectivity index (χ1v) is 7.28. The summed E-state index contributed by atoms with van der Waals surface area (Å²) in [5, 5.41) is 3.14. The van der Waals surface area contributed by atoms with Crippen LogP contribution in [0.1, 0.15) is 43.1 Å². The molecule has 1 aromatic rings. The third kappa shape index (κ3) is 3.01. The van der Waals surface area contributed by atoms with Gasteiger partial charge in [0, 0.05) is 26.5 Å². The molecule has 1 saturated carbocycles. The van der Waals surface area contributed by atoms with Gasteiger partial charge in [0.15, 0.2) is 0 Å². The molecule has 0 saturated heterocycles. The van der Waals surface area contributed by atoms with Crippen LogP contribution in [0.4, 0.5) is 5.82 Å². The monoisotopic (exact) mass is 313 g/mol. The van der Waals surface area contributed by atoms with E-state index in [9.17, 15) is 0 Å². The molecule has 2 rings (SSSR count). The molecule has 0 aliphatic heterocycles. The lowest BCUT2D eigenvalue weighted by Gasteiger charge is -2.15. The number of nitrogens with zero attached hydrogens (tertiary/aromatic N) is 2. The minimum absolute atomic E-state index is 0.579.